The Morgan fingerprint density at radius 3 is 2.14 bits per heavy atom. The Morgan fingerprint density at radius 2 is 1.58 bits per heavy atom. The molecule has 0 spiro atoms. The molecule has 0 aliphatic heterocycles. The van der Waals surface area contributed by atoms with Crippen LogP contribution in [0.25, 0.3) is 0 Å². The van der Waals surface area contributed by atoms with Crippen molar-refractivity contribution in [1.82, 2.24) is 9.80 Å². The average Bonchev–Trinajstić information content (AvgIpc) is 3.27. The van der Waals surface area contributed by atoms with Gasteiger partial charge in [-0.1, -0.05) is 44.2 Å². The van der Waals surface area contributed by atoms with Crippen molar-refractivity contribution in [2.24, 2.45) is 5.92 Å². The van der Waals surface area contributed by atoms with Gasteiger partial charge in [-0.3, -0.25) is 4.79 Å². The number of nitrogens with zero attached hydrogens (tertiary/aromatic N) is 2. The zero-order chi connectivity index (χ0) is 26.1. The third-order valence-electron chi connectivity index (χ3n) is 5.51. The van der Waals surface area contributed by atoms with E-state index in [1.165, 1.54) is 4.90 Å². The second-order valence-corrected chi connectivity index (χ2v) is 9.05. The van der Waals surface area contributed by atoms with E-state index in [-0.39, 0.29) is 24.4 Å². The Bertz CT molecular complexity index is 1120. The van der Waals surface area contributed by atoms with Gasteiger partial charge in [-0.2, -0.15) is 0 Å². The Hall–Kier alpha value is -3.94. The van der Waals surface area contributed by atoms with E-state index in [0.29, 0.717) is 42.6 Å². The fourth-order valence-electron chi connectivity index (χ4n) is 3.80. The Balaban J connectivity index is 1.79. The van der Waals surface area contributed by atoms with Gasteiger partial charge in [0.05, 0.1) is 20.8 Å². The lowest BCUT2D eigenvalue weighted by Gasteiger charge is -2.28. The maximum atomic E-state index is 13.5. The van der Waals surface area contributed by atoms with Gasteiger partial charge < -0.3 is 29.0 Å². The molecule has 1 N–H and O–H groups in total. The first-order valence-electron chi connectivity index (χ1n) is 11.9. The smallest absolute Gasteiger partial charge is 0.322 e. The number of ether oxygens (including phenoxy) is 2. The molecule has 8 nitrogen and oxygen atoms in total. The molecule has 0 bridgehead atoms. The first kappa shape index (κ1) is 26.7. The van der Waals surface area contributed by atoms with Gasteiger partial charge in [-0.15, -0.1) is 0 Å². The van der Waals surface area contributed by atoms with Crippen molar-refractivity contribution in [3.63, 3.8) is 0 Å². The van der Waals surface area contributed by atoms with E-state index < -0.39 is 0 Å². The largest absolute Gasteiger partial charge is 0.497 e. The van der Waals surface area contributed by atoms with E-state index in [9.17, 15) is 9.59 Å². The molecule has 0 aliphatic rings. The molecule has 3 amide bonds. The van der Waals surface area contributed by atoms with Crippen LogP contribution in [-0.4, -0.2) is 49.0 Å². The van der Waals surface area contributed by atoms with Gasteiger partial charge >= 0.3 is 6.03 Å². The van der Waals surface area contributed by atoms with Crippen molar-refractivity contribution in [1.29, 1.82) is 0 Å². The monoisotopic (exact) mass is 493 g/mol. The number of carbonyl (C=O) groups excluding carboxylic acids is 2. The number of aryl methyl sites for hydroxylation is 1. The predicted octanol–water partition coefficient (Wildman–Crippen LogP) is 5.32. The summed E-state index contributed by atoms with van der Waals surface area (Å²) in [6.45, 7) is 6.94. The summed E-state index contributed by atoms with van der Waals surface area (Å²) in [5.74, 6) is 2.58. The minimum Gasteiger partial charge on any atom is -0.497 e. The maximum Gasteiger partial charge on any atom is 0.322 e. The van der Waals surface area contributed by atoms with Gasteiger partial charge in [0, 0.05) is 37.0 Å². The van der Waals surface area contributed by atoms with Crippen molar-refractivity contribution in [3.8, 4) is 11.5 Å². The number of nitrogens with one attached hydrogen (secondary N) is 1. The van der Waals surface area contributed by atoms with Crippen LogP contribution in [0.1, 0.15) is 30.9 Å². The number of methoxy groups -OCH3 is 2. The van der Waals surface area contributed by atoms with E-state index >= 15 is 0 Å². The van der Waals surface area contributed by atoms with Crippen LogP contribution in [0, 0.1) is 12.8 Å². The van der Waals surface area contributed by atoms with Crippen molar-refractivity contribution < 1.29 is 23.5 Å². The molecular formula is C28H35N3O5. The highest BCUT2D eigenvalue weighted by Crippen LogP contribution is 2.26. The van der Waals surface area contributed by atoms with E-state index in [4.69, 9.17) is 13.9 Å². The van der Waals surface area contributed by atoms with Crippen LogP contribution < -0.4 is 14.8 Å². The summed E-state index contributed by atoms with van der Waals surface area (Å²) < 4.78 is 16.3. The first-order chi connectivity index (χ1) is 17.3. The van der Waals surface area contributed by atoms with Gasteiger partial charge in [0.25, 0.3) is 0 Å². The maximum absolute atomic E-state index is 13.5. The molecular weight excluding hydrogens is 458 g/mol. The zero-order valence-corrected chi connectivity index (χ0v) is 21.6. The summed E-state index contributed by atoms with van der Waals surface area (Å²) in [6.07, 6.45) is 0. The normalized spacial score (nSPS) is 10.7. The molecule has 0 saturated heterocycles. The highest BCUT2D eigenvalue weighted by Gasteiger charge is 2.24. The predicted molar refractivity (Wildman–Crippen MR) is 139 cm³/mol. The number of amides is 3. The van der Waals surface area contributed by atoms with Gasteiger partial charge in [0.1, 0.15) is 29.6 Å². The summed E-state index contributed by atoms with van der Waals surface area (Å²) in [5, 5.41) is 2.88. The molecule has 0 saturated carbocycles. The molecule has 3 aromatic rings. The van der Waals surface area contributed by atoms with Crippen LogP contribution in [0.5, 0.6) is 11.5 Å². The van der Waals surface area contributed by atoms with E-state index in [1.54, 1.807) is 37.3 Å². The number of hydrogen-bond donors (Lipinski definition) is 1. The van der Waals surface area contributed by atoms with Crippen LogP contribution in [0.2, 0.25) is 0 Å². The number of hydrogen-bond acceptors (Lipinski definition) is 5. The first-order valence-corrected chi connectivity index (χ1v) is 11.9. The topological polar surface area (TPSA) is 84.3 Å². The molecule has 0 aliphatic carbocycles. The summed E-state index contributed by atoms with van der Waals surface area (Å²) in [7, 11) is 3.10. The Morgan fingerprint density at radius 1 is 0.917 bits per heavy atom. The Labute approximate surface area is 212 Å². The number of rotatable bonds is 11. The third kappa shape index (κ3) is 7.80. The average molecular weight is 494 g/mol. The standard InChI is InChI=1S/C28H35N3O5/c1-20(2)16-31(28(33)29-23-13-25(34-4)15-26(14-23)35-5)19-27(32)30(17-22-9-7-6-8-10-22)18-24-12-11-21(3)36-24/h6-15,20H,16-19H2,1-5H3,(H,29,33). The summed E-state index contributed by atoms with van der Waals surface area (Å²) >= 11 is 0. The lowest BCUT2D eigenvalue weighted by Crippen LogP contribution is -2.45. The van der Waals surface area contributed by atoms with Crippen molar-refractivity contribution >= 4 is 17.6 Å². The molecule has 0 radical (unpaired) electrons. The fourth-order valence-corrected chi connectivity index (χ4v) is 3.80. The highest BCUT2D eigenvalue weighted by molar-refractivity contribution is 5.92. The summed E-state index contributed by atoms with van der Waals surface area (Å²) in [6, 6.07) is 18.3. The van der Waals surface area contributed by atoms with E-state index in [2.05, 4.69) is 5.32 Å². The molecule has 2 aromatic carbocycles. The van der Waals surface area contributed by atoms with Crippen molar-refractivity contribution in [2.75, 3.05) is 32.6 Å². The zero-order valence-electron chi connectivity index (χ0n) is 21.6. The van der Waals surface area contributed by atoms with Crippen LogP contribution >= 0.6 is 0 Å². The number of carbonyl (C=O) groups is 2. The van der Waals surface area contributed by atoms with Crippen LogP contribution in [-0.2, 0) is 17.9 Å². The van der Waals surface area contributed by atoms with Crippen LogP contribution in [0.3, 0.4) is 0 Å². The second-order valence-electron chi connectivity index (χ2n) is 9.05. The van der Waals surface area contributed by atoms with Gasteiger partial charge in [0.2, 0.25) is 5.91 Å². The summed E-state index contributed by atoms with van der Waals surface area (Å²) in [5.41, 5.74) is 1.52. The molecule has 8 heteroatoms. The minimum atomic E-state index is -0.374. The van der Waals surface area contributed by atoms with Gasteiger partial charge in [-0.25, -0.2) is 4.79 Å². The Kier molecular flexibility index (Phi) is 9.39. The number of urea groups is 1. The number of furan rings is 1. The molecule has 0 atom stereocenters. The van der Waals surface area contributed by atoms with Gasteiger partial charge in [0.15, 0.2) is 0 Å². The minimum absolute atomic E-state index is 0.0718. The van der Waals surface area contributed by atoms with Crippen LogP contribution in [0.4, 0.5) is 10.5 Å². The quantitative estimate of drug-likeness (QED) is 0.391. The lowest BCUT2D eigenvalue weighted by molar-refractivity contribution is -0.133. The number of anilines is 1. The van der Waals surface area contributed by atoms with Crippen molar-refractivity contribution in [3.05, 3.63) is 77.7 Å². The molecule has 36 heavy (non-hydrogen) atoms. The third-order valence-corrected chi connectivity index (χ3v) is 5.51. The van der Waals surface area contributed by atoms with E-state index in [1.807, 2.05) is 63.2 Å². The molecule has 3 rings (SSSR count). The SMILES string of the molecule is COc1cc(NC(=O)N(CC(=O)N(Cc2ccccc2)Cc2ccc(C)o2)CC(C)C)cc(OC)c1. The lowest BCUT2D eigenvalue weighted by atomic mass is 10.2. The second kappa shape index (κ2) is 12.7. The molecule has 1 aromatic heterocycles. The van der Waals surface area contributed by atoms with Crippen LogP contribution in [0.15, 0.2) is 65.1 Å². The number of benzene rings is 2. The molecule has 0 fully saturated rings. The van der Waals surface area contributed by atoms with Crippen molar-refractivity contribution in [2.45, 2.75) is 33.9 Å². The van der Waals surface area contributed by atoms with E-state index in [0.717, 1.165) is 11.3 Å². The molecule has 0 unspecified atom stereocenters. The summed E-state index contributed by atoms with van der Waals surface area (Å²) in [4.78, 5) is 30.0. The van der Waals surface area contributed by atoms with Gasteiger partial charge in [-0.05, 0) is 30.5 Å². The highest BCUT2D eigenvalue weighted by atomic mass is 16.5. The molecule has 192 valence electrons. The molecule has 1 heterocycles. The fraction of sp³-hybridized carbons (Fsp3) is 0.357.